The molecule has 2 aromatic heterocycles. The van der Waals surface area contributed by atoms with Gasteiger partial charge in [0.05, 0.1) is 12.0 Å². The number of phenolic OH excluding ortho intramolecular Hbond substituents is 1. The summed E-state index contributed by atoms with van der Waals surface area (Å²) in [5.41, 5.74) is 4.36. The second kappa shape index (κ2) is 6.96. The smallest absolute Gasteiger partial charge is 0.165 e. The number of aromatic nitrogens is 2. The van der Waals surface area contributed by atoms with Gasteiger partial charge in [-0.05, 0) is 29.1 Å². The number of ether oxygens (including phenoxy) is 1. The molecule has 0 atom stereocenters. The van der Waals surface area contributed by atoms with Gasteiger partial charge in [-0.25, -0.2) is 4.98 Å². The average molecular weight is 391 g/mol. The van der Waals surface area contributed by atoms with Crippen LogP contribution in [0.2, 0.25) is 0 Å². The van der Waals surface area contributed by atoms with Gasteiger partial charge in [-0.15, -0.1) is 11.3 Å². The van der Waals surface area contributed by atoms with Gasteiger partial charge in [0.25, 0.3) is 0 Å². The fraction of sp³-hybridized carbons (Fsp3) is 0.227. The van der Waals surface area contributed by atoms with Gasteiger partial charge in [0.2, 0.25) is 0 Å². The standard InChI is InChI=1S/C22H21N3O2S/c1-24-14-23-10-17(24)12-25-6-7-27-22-16(11-25)8-15(9-20(22)26)19-13-28-21-5-3-2-4-18(19)21/h2-5,8-10,13-14,26H,6-7,11-12H2,1H3. The summed E-state index contributed by atoms with van der Waals surface area (Å²) in [6, 6.07) is 12.4. The molecule has 0 unspecified atom stereocenters. The first-order chi connectivity index (χ1) is 13.7. The lowest BCUT2D eigenvalue weighted by molar-refractivity contribution is 0.214. The fourth-order valence-electron chi connectivity index (χ4n) is 3.81. The Morgan fingerprint density at radius 1 is 1.25 bits per heavy atom. The predicted octanol–water partition coefficient (Wildman–Crippen LogP) is 4.40. The molecule has 0 saturated heterocycles. The maximum absolute atomic E-state index is 10.7. The number of imidazole rings is 1. The molecule has 0 bridgehead atoms. The number of fused-ring (bicyclic) bond motifs is 2. The Balaban J connectivity index is 1.52. The van der Waals surface area contributed by atoms with Crippen LogP contribution in [0.1, 0.15) is 11.3 Å². The van der Waals surface area contributed by atoms with Crippen LogP contribution in [0.15, 0.2) is 54.3 Å². The van der Waals surface area contributed by atoms with Crippen molar-refractivity contribution in [2.45, 2.75) is 13.1 Å². The van der Waals surface area contributed by atoms with Gasteiger partial charge in [-0.1, -0.05) is 18.2 Å². The summed E-state index contributed by atoms with van der Waals surface area (Å²) in [5, 5.41) is 14.0. The van der Waals surface area contributed by atoms with Crippen LogP contribution < -0.4 is 4.74 Å². The van der Waals surface area contributed by atoms with E-state index in [-0.39, 0.29) is 5.75 Å². The van der Waals surface area contributed by atoms with Gasteiger partial charge in [0.15, 0.2) is 11.5 Å². The quantitative estimate of drug-likeness (QED) is 0.562. The van der Waals surface area contributed by atoms with Crippen molar-refractivity contribution in [1.29, 1.82) is 0 Å². The summed E-state index contributed by atoms with van der Waals surface area (Å²) in [6.07, 6.45) is 3.72. The third kappa shape index (κ3) is 3.04. The van der Waals surface area contributed by atoms with Crippen LogP contribution >= 0.6 is 11.3 Å². The number of phenols is 1. The zero-order valence-corrected chi connectivity index (χ0v) is 16.4. The first-order valence-electron chi connectivity index (χ1n) is 9.32. The summed E-state index contributed by atoms with van der Waals surface area (Å²) >= 11 is 1.73. The van der Waals surface area contributed by atoms with E-state index in [1.54, 1.807) is 11.3 Å². The molecule has 2 aromatic carbocycles. The van der Waals surface area contributed by atoms with Crippen LogP contribution in [0.4, 0.5) is 0 Å². The Bertz CT molecular complexity index is 1150. The second-order valence-electron chi connectivity index (χ2n) is 7.18. The van der Waals surface area contributed by atoms with E-state index in [9.17, 15) is 5.11 Å². The van der Waals surface area contributed by atoms with Crippen molar-refractivity contribution in [2.75, 3.05) is 13.2 Å². The van der Waals surface area contributed by atoms with E-state index < -0.39 is 0 Å². The first kappa shape index (κ1) is 17.3. The molecule has 0 saturated carbocycles. The summed E-state index contributed by atoms with van der Waals surface area (Å²) in [4.78, 5) is 6.54. The molecule has 0 radical (unpaired) electrons. The second-order valence-corrected chi connectivity index (χ2v) is 8.10. The topological polar surface area (TPSA) is 50.5 Å². The Hall–Kier alpha value is -2.83. The number of hydrogen-bond donors (Lipinski definition) is 1. The first-order valence-corrected chi connectivity index (χ1v) is 10.2. The van der Waals surface area contributed by atoms with E-state index in [0.717, 1.165) is 42.0 Å². The number of aryl methyl sites for hydroxylation is 1. The largest absolute Gasteiger partial charge is 0.504 e. The number of thiophene rings is 1. The lowest BCUT2D eigenvalue weighted by Crippen LogP contribution is -2.26. The summed E-state index contributed by atoms with van der Waals surface area (Å²) in [6.45, 7) is 2.88. The highest BCUT2D eigenvalue weighted by atomic mass is 32.1. The molecule has 0 amide bonds. The van der Waals surface area contributed by atoms with Crippen molar-refractivity contribution in [1.82, 2.24) is 14.5 Å². The van der Waals surface area contributed by atoms with E-state index in [4.69, 9.17) is 4.74 Å². The molecule has 0 fully saturated rings. The summed E-state index contributed by atoms with van der Waals surface area (Å²) in [7, 11) is 2.01. The molecule has 142 valence electrons. The lowest BCUT2D eigenvalue weighted by atomic mass is 10.0. The van der Waals surface area contributed by atoms with Crippen molar-refractivity contribution < 1.29 is 9.84 Å². The number of benzene rings is 2. The molecule has 6 heteroatoms. The zero-order valence-electron chi connectivity index (χ0n) is 15.6. The van der Waals surface area contributed by atoms with E-state index >= 15 is 0 Å². The predicted molar refractivity (Wildman–Crippen MR) is 112 cm³/mol. The van der Waals surface area contributed by atoms with E-state index in [1.807, 2.05) is 30.2 Å². The number of hydrogen-bond acceptors (Lipinski definition) is 5. The van der Waals surface area contributed by atoms with Crippen LogP contribution in [0.25, 0.3) is 21.2 Å². The SMILES string of the molecule is Cn1cncc1CN1CCOc2c(O)cc(-c3csc4ccccc34)cc2C1. The molecular formula is C22H21N3O2S. The van der Waals surface area contributed by atoms with Crippen molar-refractivity contribution in [3.63, 3.8) is 0 Å². The van der Waals surface area contributed by atoms with Crippen LogP contribution in [0, 0.1) is 0 Å². The van der Waals surface area contributed by atoms with E-state index in [0.29, 0.717) is 12.4 Å². The Labute approximate surface area is 167 Å². The zero-order chi connectivity index (χ0) is 19.1. The summed E-state index contributed by atoms with van der Waals surface area (Å²) in [5.74, 6) is 0.820. The van der Waals surface area contributed by atoms with Crippen LogP contribution in [0.3, 0.4) is 0 Å². The summed E-state index contributed by atoms with van der Waals surface area (Å²) < 4.78 is 9.20. The molecule has 5 rings (SSSR count). The molecule has 0 aliphatic carbocycles. The lowest BCUT2D eigenvalue weighted by Gasteiger charge is -2.19. The highest BCUT2D eigenvalue weighted by Gasteiger charge is 2.21. The molecule has 28 heavy (non-hydrogen) atoms. The van der Waals surface area contributed by atoms with Gasteiger partial charge >= 0.3 is 0 Å². The van der Waals surface area contributed by atoms with Crippen molar-refractivity contribution in [2.24, 2.45) is 7.05 Å². The van der Waals surface area contributed by atoms with Gasteiger partial charge in [0.1, 0.15) is 6.61 Å². The van der Waals surface area contributed by atoms with E-state index in [2.05, 4.69) is 45.6 Å². The molecule has 4 aromatic rings. The van der Waals surface area contributed by atoms with Gasteiger partial charge in [-0.2, -0.15) is 0 Å². The molecular weight excluding hydrogens is 370 g/mol. The third-order valence-corrected chi connectivity index (χ3v) is 6.25. The van der Waals surface area contributed by atoms with Crippen LogP contribution in [0.5, 0.6) is 11.5 Å². The van der Waals surface area contributed by atoms with E-state index in [1.165, 1.54) is 10.1 Å². The molecule has 5 nitrogen and oxygen atoms in total. The van der Waals surface area contributed by atoms with Gasteiger partial charge in [-0.3, -0.25) is 4.90 Å². The maximum Gasteiger partial charge on any atom is 0.165 e. The van der Waals surface area contributed by atoms with Crippen molar-refractivity contribution >= 4 is 21.4 Å². The molecule has 1 aliphatic rings. The Kier molecular flexibility index (Phi) is 4.30. The normalized spacial score (nSPS) is 14.6. The highest BCUT2D eigenvalue weighted by molar-refractivity contribution is 7.17. The van der Waals surface area contributed by atoms with Crippen molar-refractivity contribution in [3.05, 3.63) is 65.6 Å². The number of rotatable bonds is 3. The molecule has 0 spiro atoms. The average Bonchev–Trinajstić information content (AvgIpc) is 3.23. The molecule has 1 N–H and O–H groups in total. The third-order valence-electron chi connectivity index (χ3n) is 5.29. The fourth-order valence-corrected chi connectivity index (χ4v) is 4.78. The minimum absolute atomic E-state index is 0.213. The molecule has 3 heterocycles. The van der Waals surface area contributed by atoms with Crippen LogP contribution in [-0.2, 0) is 20.1 Å². The Morgan fingerprint density at radius 3 is 3.00 bits per heavy atom. The number of nitrogens with zero attached hydrogens (tertiary/aromatic N) is 3. The highest BCUT2D eigenvalue weighted by Crippen LogP contribution is 2.41. The van der Waals surface area contributed by atoms with Gasteiger partial charge in [0, 0.05) is 54.1 Å². The number of aromatic hydroxyl groups is 1. The maximum atomic E-state index is 10.7. The Morgan fingerprint density at radius 2 is 2.14 bits per heavy atom. The van der Waals surface area contributed by atoms with Crippen LogP contribution in [-0.4, -0.2) is 32.7 Å². The monoisotopic (exact) mass is 391 g/mol. The molecule has 1 aliphatic heterocycles. The minimum atomic E-state index is 0.213. The van der Waals surface area contributed by atoms with Crippen molar-refractivity contribution in [3.8, 4) is 22.6 Å². The minimum Gasteiger partial charge on any atom is -0.504 e. The van der Waals surface area contributed by atoms with Gasteiger partial charge < -0.3 is 14.4 Å².